The van der Waals surface area contributed by atoms with E-state index in [-0.39, 0.29) is 17.5 Å². The summed E-state index contributed by atoms with van der Waals surface area (Å²) >= 11 is 1.49. The van der Waals surface area contributed by atoms with Crippen LogP contribution in [0.4, 0.5) is 4.39 Å². The molecule has 3 nitrogen and oxygen atoms in total. The summed E-state index contributed by atoms with van der Waals surface area (Å²) in [5, 5.41) is 9.18. The Balaban J connectivity index is 2.08. The molecule has 0 saturated carbocycles. The van der Waals surface area contributed by atoms with Crippen molar-refractivity contribution in [1.82, 2.24) is 4.57 Å². The average molecular weight is 300 g/mol. The summed E-state index contributed by atoms with van der Waals surface area (Å²) < 4.78 is 14.9. The van der Waals surface area contributed by atoms with Crippen LogP contribution in [0.1, 0.15) is 34.1 Å². The topological polar surface area (TPSA) is 45.8 Å². The van der Waals surface area contributed by atoms with E-state index in [9.17, 15) is 14.4 Å². The van der Waals surface area contributed by atoms with E-state index < -0.39 is 0 Å². The molecule has 106 valence electrons. The Labute approximate surface area is 126 Å². The Hall–Kier alpha value is -2.06. The summed E-state index contributed by atoms with van der Waals surface area (Å²) in [4.78, 5) is 13.6. The molecule has 0 amide bonds. The molecular weight excluding hydrogens is 287 g/mol. The molecule has 3 rings (SSSR count). The Morgan fingerprint density at radius 1 is 1.43 bits per heavy atom. The smallest absolute Gasteiger partial charge is 0.210 e. The van der Waals surface area contributed by atoms with Gasteiger partial charge in [-0.2, -0.15) is 5.26 Å². The third kappa shape index (κ3) is 2.26. The lowest BCUT2D eigenvalue weighted by atomic mass is 10.1. The Morgan fingerprint density at radius 3 is 2.76 bits per heavy atom. The van der Waals surface area contributed by atoms with Crippen LogP contribution < -0.4 is 0 Å². The standard InChI is InChI=1S/C16H13FN2OS/c1-21-14-8-13-11(9-18)6-7-19(13)15(14)16(20)10-2-4-12(17)5-3-10/h2-5,8,11H,6-7H2,1H3. The van der Waals surface area contributed by atoms with Gasteiger partial charge in [0, 0.05) is 22.7 Å². The van der Waals surface area contributed by atoms with Crippen LogP contribution in [0.2, 0.25) is 0 Å². The Bertz CT molecular complexity index is 743. The molecule has 0 saturated heterocycles. The minimum Gasteiger partial charge on any atom is -0.340 e. The molecule has 0 N–H and O–H groups in total. The maximum absolute atomic E-state index is 13.0. The number of fused-ring (bicyclic) bond motifs is 1. The van der Waals surface area contributed by atoms with Crippen molar-refractivity contribution < 1.29 is 9.18 Å². The summed E-state index contributed by atoms with van der Waals surface area (Å²) in [6.07, 6.45) is 2.65. The summed E-state index contributed by atoms with van der Waals surface area (Å²) in [6, 6.07) is 9.79. The molecule has 1 atom stereocenters. The van der Waals surface area contributed by atoms with Crippen LogP contribution in [0.3, 0.4) is 0 Å². The van der Waals surface area contributed by atoms with Crippen LogP contribution in [0.25, 0.3) is 0 Å². The van der Waals surface area contributed by atoms with Gasteiger partial charge < -0.3 is 4.57 Å². The fourth-order valence-electron chi connectivity index (χ4n) is 2.74. The van der Waals surface area contributed by atoms with Gasteiger partial charge in [-0.1, -0.05) is 0 Å². The van der Waals surface area contributed by atoms with E-state index in [1.165, 1.54) is 36.0 Å². The number of hydrogen-bond acceptors (Lipinski definition) is 3. The van der Waals surface area contributed by atoms with E-state index >= 15 is 0 Å². The van der Waals surface area contributed by atoms with Gasteiger partial charge in [0.1, 0.15) is 11.5 Å². The SMILES string of the molecule is CSc1cc2n(c1C(=O)c1ccc(F)cc1)CCC2C#N. The highest BCUT2D eigenvalue weighted by Crippen LogP contribution is 2.36. The molecule has 1 aliphatic heterocycles. The molecule has 0 radical (unpaired) electrons. The number of aromatic nitrogens is 1. The van der Waals surface area contributed by atoms with Gasteiger partial charge in [-0.05, 0) is 43.0 Å². The van der Waals surface area contributed by atoms with E-state index in [1.54, 1.807) is 0 Å². The second-order valence-corrected chi connectivity index (χ2v) is 5.79. The molecular formula is C16H13FN2OS. The lowest BCUT2D eigenvalue weighted by Gasteiger charge is -2.07. The number of nitrogens with zero attached hydrogens (tertiary/aromatic N) is 2. The number of benzene rings is 1. The van der Waals surface area contributed by atoms with Crippen LogP contribution >= 0.6 is 11.8 Å². The first-order valence-corrected chi connectivity index (χ1v) is 7.85. The monoisotopic (exact) mass is 300 g/mol. The highest BCUT2D eigenvalue weighted by molar-refractivity contribution is 7.98. The molecule has 1 unspecified atom stereocenters. The van der Waals surface area contributed by atoms with E-state index in [0.29, 0.717) is 17.8 Å². The normalized spacial score (nSPS) is 16.5. The van der Waals surface area contributed by atoms with Crippen LogP contribution in [0.15, 0.2) is 35.2 Å². The number of rotatable bonds is 3. The van der Waals surface area contributed by atoms with Crippen molar-refractivity contribution in [2.24, 2.45) is 0 Å². The highest BCUT2D eigenvalue weighted by Gasteiger charge is 2.30. The summed E-state index contributed by atoms with van der Waals surface area (Å²) in [7, 11) is 0. The van der Waals surface area contributed by atoms with Crippen LogP contribution in [0.5, 0.6) is 0 Å². The van der Waals surface area contributed by atoms with E-state index in [1.807, 2.05) is 16.9 Å². The zero-order valence-corrected chi connectivity index (χ0v) is 12.3. The molecule has 2 aromatic rings. The maximum Gasteiger partial charge on any atom is 0.210 e. The molecule has 1 aromatic carbocycles. The number of carbonyl (C=O) groups excluding carboxylic acids is 1. The number of hydrogen-bond donors (Lipinski definition) is 0. The van der Waals surface area contributed by atoms with Gasteiger partial charge in [-0.25, -0.2) is 4.39 Å². The number of thioether (sulfide) groups is 1. The Morgan fingerprint density at radius 2 is 2.14 bits per heavy atom. The van der Waals surface area contributed by atoms with Crippen molar-refractivity contribution in [2.45, 2.75) is 23.8 Å². The van der Waals surface area contributed by atoms with Crippen molar-refractivity contribution in [3.05, 3.63) is 53.1 Å². The van der Waals surface area contributed by atoms with Crippen molar-refractivity contribution in [2.75, 3.05) is 6.26 Å². The predicted molar refractivity (Wildman–Crippen MR) is 79.0 cm³/mol. The quantitative estimate of drug-likeness (QED) is 0.643. The summed E-state index contributed by atoms with van der Waals surface area (Å²) in [6.45, 7) is 0.677. The molecule has 1 aliphatic rings. The molecule has 1 aromatic heterocycles. The van der Waals surface area contributed by atoms with Gasteiger partial charge in [0.2, 0.25) is 5.78 Å². The van der Waals surface area contributed by atoms with Gasteiger partial charge in [-0.15, -0.1) is 11.8 Å². The van der Waals surface area contributed by atoms with Gasteiger partial charge in [0.25, 0.3) is 0 Å². The molecule has 0 aliphatic carbocycles. The third-order valence-corrected chi connectivity index (χ3v) is 4.54. The van der Waals surface area contributed by atoms with Crippen molar-refractivity contribution in [3.63, 3.8) is 0 Å². The van der Waals surface area contributed by atoms with E-state index in [2.05, 4.69) is 6.07 Å². The van der Waals surface area contributed by atoms with Crippen LogP contribution in [-0.2, 0) is 6.54 Å². The minimum absolute atomic E-state index is 0.121. The number of carbonyl (C=O) groups is 1. The lowest BCUT2D eigenvalue weighted by molar-refractivity contribution is 0.102. The summed E-state index contributed by atoms with van der Waals surface area (Å²) in [5.41, 5.74) is 1.99. The Kier molecular flexibility index (Phi) is 3.56. The van der Waals surface area contributed by atoms with Gasteiger partial charge in [0.15, 0.2) is 0 Å². The first-order chi connectivity index (χ1) is 10.2. The summed E-state index contributed by atoms with van der Waals surface area (Å²) in [5.74, 6) is -0.628. The van der Waals surface area contributed by atoms with E-state index in [0.717, 1.165) is 17.0 Å². The molecule has 0 fully saturated rings. The molecule has 21 heavy (non-hydrogen) atoms. The highest BCUT2D eigenvalue weighted by atomic mass is 32.2. The molecule has 5 heteroatoms. The minimum atomic E-state index is -0.360. The number of ketones is 1. The van der Waals surface area contributed by atoms with E-state index in [4.69, 9.17) is 0 Å². The first kappa shape index (κ1) is 13.9. The van der Waals surface area contributed by atoms with Gasteiger partial charge in [-0.3, -0.25) is 4.79 Å². The fourth-order valence-corrected chi connectivity index (χ4v) is 3.37. The van der Waals surface area contributed by atoms with Crippen molar-refractivity contribution in [3.8, 4) is 6.07 Å². The molecule has 0 bridgehead atoms. The zero-order valence-electron chi connectivity index (χ0n) is 11.5. The largest absolute Gasteiger partial charge is 0.340 e. The predicted octanol–water partition coefficient (Wildman–Crippen LogP) is 3.59. The fraction of sp³-hybridized carbons (Fsp3) is 0.250. The number of nitriles is 1. The van der Waals surface area contributed by atoms with Gasteiger partial charge in [0.05, 0.1) is 12.0 Å². The number of halogens is 1. The zero-order chi connectivity index (χ0) is 15.0. The third-order valence-electron chi connectivity index (χ3n) is 3.79. The molecule has 0 spiro atoms. The lowest BCUT2D eigenvalue weighted by Crippen LogP contribution is -2.10. The van der Waals surface area contributed by atoms with Crippen LogP contribution in [0, 0.1) is 17.1 Å². The first-order valence-electron chi connectivity index (χ1n) is 6.63. The average Bonchev–Trinajstić information content (AvgIpc) is 3.05. The molecule has 2 heterocycles. The van der Waals surface area contributed by atoms with Crippen LogP contribution in [-0.4, -0.2) is 16.6 Å². The van der Waals surface area contributed by atoms with Crippen molar-refractivity contribution in [1.29, 1.82) is 5.26 Å². The maximum atomic E-state index is 13.0. The van der Waals surface area contributed by atoms with Crippen molar-refractivity contribution >= 4 is 17.5 Å². The second-order valence-electron chi connectivity index (χ2n) is 4.94. The second kappa shape index (κ2) is 5.38. The van der Waals surface area contributed by atoms with Gasteiger partial charge >= 0.3 is 0 Å².